The van der Waals surface area contributed by atoms with Crippen LogP contribution in [-0.2, 0) is 6.54 Å². The van der Waals surface area contributed by atoms with Crippen LogP contribution in [0.3, 0.4) is 0 Å². The van der Waals surface area contributed by atoms with Crippen molar-refractivity contribution in [3.05, 3.63) is 23.9 Å². The lowest BCUT2D eigenvalue weighted by Crippen LogP contribution is -2.04. The first kappa shape index (κ1) is 12.8. The molecular weight excluding hydrogens is 272 g/mol. The molecule has 4 nitrogen and oxygen atoms in total. The van der Waals surface area contributed by atoms with Crippen molar-refractivity contribution in [1.82, 2.24) is 20.5 Å². The summed E-state index contributed by atoms with van der Waals surface area (Å²) >= 11 is 4.76. The lowest BCUT2D eigenvalue weighted by Gasteiger charge is -2.00. The summed E-state index contributed by atoms with van der Waals surface area (Å²) in [4.78, 5) is 4.38. The summed E-state index contributed by atoms with van der Waals surface area (Å²) in [5.41, 5.74) is 1.18. The molecule has 0 atom stereocenters. The molecule has 17 heavy (non-hydrogen) atoms. The smallest absolute Gasteiger partial charge is 0.181 e. The summed E-state index contributed by atoms with van der Waals surface area (Å²) in [6.45, 7) is 0.841. The van der Waals surface area contributed by atoms with Gasteiger partial charge in [0.1, 0.15) is 5.03 Å². The van der Waals surface area contributed by atoms with E-state index in [1.165, 1.54) is 5.56 Å². The maximum atomic E-state index is 4.38. The van der Waals surface area contributed by atoms with Crippen LogP contribution in [-0.4, -0.2) is 28.5 Å². The minimum Gasteiger partial charge on any atom is -0.316 e. The number of aromatic nitrogens is 3. The van der Waals surface area contributed by atoms with Crippen LogP contribution in [0.15, 0.2) is 32.0 Å². The highest BCUT2D eigenvalue weighted by Crippen LogP contribution is 2.31. The van der Waals surface area contributed by atoms with E-state index in [0.717, 1.165) is 20.3 Å². The average molecular weight is 284 g/mol. The van der Waals surface area contributed by atoms with E-state index < -0.39 is 0 Å². The first-order chi connectivity index (χ1) is 8.31. The second kappa shape index (κ2) is 6.34. The van der Waals surface area contributed by atoms with Gasteiger partial charge in [0.2, 0.25) is 0 Å². The zero-order valence-electron chi connectivity index (χ0n) is 9.51. The summed E-state index contributed by atoms with van der Waals surface area (Å²) in [5, 5.41) is 12.2. The normalized spacial score (nSPS) is 10.7. The first-order valence-electron chi connectivity index (χ1n) is 4.96. The molecule has 90 valence electrons. The second-order valence-corrected chi connectivity index (χ2v) is 6.47. The summed E-state index contributed by atoms with van der Waals surface area (Å²) in [7, 11) is 1.92. The fraction of sp³-hybridized carbons (Fsp3) is 0.300. The molecule has 2 rings (SSSR count). The van der Waals surface area contributed by atoms with Crippen LogP contribution in [0, 0.1) is 0 Å². The van der Waals surface area contributed by atoms with Crippen LogP contribution in [0.5, 0.6) is 0 Å². The van der Waals surface area contributed by atoms with Crippen molar-refractivity contribution < 1.29 is 0 Å². The quantitative estimate of drug-likeness (QED) is 0.852. The molecule has 0 aromatic carbocycles. The molecule has 2 aromatic heterocycles. The molecule has 0 aliphatic heterocycles. The summed E-state index contributed by atoms with van der Waals surface area (Å²) in [6.07, 6.45) is 3.88. The average Bonchev–Trinajstić information content (AvgIpc) is 2.80. The topological polar surface area (TPSA) is 50.7 Å². The van der Waals surface area contributed by atoms with Crippen LogP contribution >= 0.6 is 34.9 Å². The molecule has 0 saturated heterocycles. The Morgan fingerprint density at radius 2 is 2.12 bits per heavy atom. The van der Waals surface area contributed by atoms with Crippen molar-refractivity contribution in [1.29, 1.82) is 0 Å². The Hall–Kier alpha value is -0.630. The van der Waals surface area contributed by atoms with Crippen molar-refractivity contribution in [3.8, 4) is 0 Å². The van der Waals surface area contributed by atoms with Crippen LogP contribution < -0.4 is 5.32 Å². The fourth-order valence-corrected chi connectivity index (χ4v) is 3.52. The van der Waals surface area contributed by atoms with Gasteiger partial charge in [-0.05, 0) is 36.7 Å². The predicted octanol–water partition coefficient (Wildman–Crippen LogP) is 2.53. The Morgan fingerprint density at radius 3 is 2.71 bits per heavy atom. The molecule has 2 aromatic rings. The SMILES string of the molecule is CNCc1ccc(Sc2nnc(SC)s2)nc1. The van der Waals surface area contributed by atoms with Crippen molar-refractivity contribution >= 4 is 34.9 Å². The van der Waals surface area contributed by atoms with E-state index in [-0.39, 0.29) is 0 Å². The Labute approximate surface area is 113 Å². The zero-order valence-corrected chi connectivity index (χ0v) is 12.0. The maximum absolute atomic E-state index is 4.38. The number of thioether (sulfide) groups is 1. The van der Waals surface area contributed by atoms with Crippen molar-refractivity contribution in [2.24, 2.45) is 0 Å². The summed E-state index contributed by atoms with van der Waals surface area (Å²) in [6, 6.07) is 4.08. The molecule has 0 saturated carbocycles. The molecule has 0 amide bonds. The molecule has 1 N–H and O–H groups in total. The minimum absolute atomic E-state index is 0.841. The van der Waals surface area contributed by atoms with Gasteiger partial charge < -0.3 is 5.32 Å². The van der Waals surface area contributed by atoms with E-state index in [1.807, 2.05) is 25.6 Å². The van der Waals surface area contributed by atoms with Gasteiger partial charge in [-0.3, -0.25) is 0 Å². The number of nitrogens with one attached hydrogen (secondary N) is 1. The Bertz CT molecular complexity index is 469. The standard InChI is InChI=1S/C10H12N4S3/c1-11-5-7-3-4-8(12-6-7)16-10-14-13-9(15-2)17-10/h3-4,6,11H,5H2,1-2H3. The highest BCUT2D eigenvalue weighted by Gasteiger charge is 2.05. The molecule has 0 aliphatic rings. The number of pyridine rings is 1. The molecule has 0 bridgehead atoms. The number of rotatable bonds is 5. The van der Waals surface area contributed by atoms with Gasteiger partial charge >= 0.3 is 0 Å². The first-order valence-corrected chi connectivity index (χ1v) is 7.82. The van der Waals surface area contributed by atoms with Crippen molar-refractivity contribution in [2.75, 3.05) is 13.3 Å². The minimum atomic E-state index is 0.841. The number of hydrogen-bond acceptors (Lipinski definition) is 7. The summed E-state index contributed by atoms with van der Waals surface area (Å²) in [5.74, 6) is 0. The van der Waals surface area contributed by atoms with Gasteiger partial charge in [0.15, 0.2) is 8.68 Å². The zero-order chi connectivity index (χ0) is 12.1. The Balaban J connectivity index is 2.03. The van der Waals surface area contributed by atoms with E-state index in [4.69, 9.17) is 0 Å². The third-order valence-electron chi connectivity index (χ3n) is 1.93. The Morgan fingerprint density at radius 1 is 1.29 bits per heavy atom. The van der Waals surface area contributed by atoms with E-state index >= 15 is 0 Å². The molecule has 0 radical (unpaired) electrons. The van der Waals surface area contributed by atoms with Gasteiger partial charge in [-0.1, -0.05) is 29.2 Å². The largest absolute Gasteiger partial charge is 0.316 e. The van der Waals surface area contributed by atoms with Crippen LogP contribution in [0.1, 0.15) is 5.56 Å². The van der Waals surface area contributed by atoms with Gasteiger partial charge in [-0.25, -0.2) is 4.98 Å². The Kier molecular flexibility index (Phi) is 4.78. The number of nitrogens with zero attached hydrogens (tertiary/aromatic N) is 3. The van der Waals surface area contributed by atoms with Gasteiger partial charge in [0, 0.05) is 12.7 Å². The predicted molar refractivity (Wildman–Crippen MR) is 72.8 cm³/mol. The lowest BCUT2D eigenvalue weighted by atomic mass is 10.3. The van der Waals surface area contributed by atoms with Crippen LogP contribution in [0.25, 0.3) is 0 Å². The van der Waals surface area contributed by atoms with E-state index in [9.17, 15) is 0 Å². The van der Waals surface area contributed by atoms with Gasteiger partial charge in [-0.15, -0.1) is 10.2 Å². The van der Waals surface area contributed by atoms with E-state index in [0.29, 0.717) is 0 Å². The van der Waals surface area contributed by atoms with Gasteiger partial charge in [0.25, 0.3) is 0 Å². The lowest BCUT2D eigenvalue weighted by molar-refractivity contribution is 0.809. The molecule has 2 heterocycles. The van der Waals surface area contributed by atoms with Gasteiger partial charge in [0.05, 0.1) is 0 Å². The van der Waals surface area contributed by atoms with Crippen LogP contribution in [0.2, 0.25) is 0 Å². The third-order valence-corrected chi connectivity index (χ3v) is 4.83. The highest BCUT2D eigenvalue weighted by atomic mass is 32.2. The monoisotopic (exact) mass is 284 g/mol. The fourth-order valence-electron chi connectivity index (χ4n) is 1.19. The van der Waals surface area contributed by atoms with Crippen molar-refractivity contribution in [3.63, 3.8) is 0 Å². The molecule has 0 unspecified atom stereocenters. The number of hydrogen-bond donors (Lipinski definition) is 1. The second-order valence-electron chi connectivity index (χ2n) is 3.18. The van der Waals surface area contributed by atoms with E-state index in [1.54, 1.807) is 34.9 Å². The molecular formula is C10H12N4S3. The van der Waals surface area contributed by atoms with Crippen LogP contribution in [0.4, 0.5) is 0 Å². The molecule has 7 heteroatoms. The maximum Gasteiger partial charge on any atom is 0.181 e. The molecule has 0 fully saturated rings. The third kappa shape index (κ3) is 3.67. The summed E-state index contributed by atoms with van der Waals surface area (Å²) < 4.78 is 1.92. The van der Waals surface area contributed by atoms with Crippen molar-refractivity contribution in [2.45, 2.75) is 20.3 Å². The highest BCUT2D eigenvalue weighted by molar-refractivity contribution is 8.02. The molecule has 0 aliphatic carbocycles. The molecule has 0 spiro atoms. The van der Waals surface area contributed by atoms with Gasteiger partial charge in [-0.2, -0.15) is 0 Å². The van der Waals surface area contributed by atoms with E-state index in [2.05, 4.69) is 26.6 Å².